The van der Waals surface area contributed by atoms with E-state index in [1.54, 1.807) is 12.1 Å². The molecular formula is C16H18Cl2N2O. The van der Waals surface area contributed by atoms with Gasteiger partial charge in [0.25, 0.3) is 0 Å². The summed E-state index contributed by atoms with van der Waals surface area (Å²) in [7, 11) is 4.12. The molecule has 0 aliphatic rings. The topological polar surface area (TPSA) is 35.5 Å². The summed E-state index contributed by atoms with van der Waals surface area (Å²) in [4.78, 5) is 2.16. The molecule has 0 radical (unpaired) electrons. The van der Waals surface area contributed by atoms with Crippen molar-refractivity contribution < 1.29 is 5.11 Å². The predicted octanol–water partition coefficient (Wildman–Crippen LogP) is 4.55. The van der Waals surface area contributed by atoms with Crippen LogP contribution in [0.25, 0.3) is 0 Å². The summed E-state index contributed by atoms with van der Waals surface area (Å²) < 4.78 is 0. The van der Waals surface area contributed by atoms with Crippen molar-refractivity contribution in [2.24, 2.45) is 0 Å². The highest BCUT2D eigenvalue weighted by atomic mass is 35.5. The molecular weight excluding hydrogens is 307 g/mol. The van der Waals surface area contributed by atoms with Gasteiger partial charge < -0.3 is 15.3 Å². The Hall–Kier alpha value is -1.42. The first-order valence-electron chi connectivity index (χ1n) is 6.65. The molecule has 0 aliphatic carbocycles. The van der Waals surface area contributed by atoms with Gasteiger partial charge in [-0.2, -0.15) is 0 Å². The van der Waals surface area contributed by atoms with Crippen LogP contribution in [0.2, 0.25) is 10.0 Å². The van der Waals surface area contributed by atoms with Crippen LogP contribution in [0.4, 0.5) is 11.4 Å². The Morgan fingerprint density at radius 3 is 2.33 bits per heavy atom. The minimum absolute atomic E-state index is 0.106. The number of nitrogens with one attached hydrogen (secondary N) is 1. The normalized spacial score (nSPS) is 10.9. The second-order valence-electron chi connectivity index (χ2n) is 5.13. The smallest absolute Gasteiger partial charge is 0.154 e. The molecule has 2 rings (SSSR count). The van der Waals surface area contributed by atoms with Gasteiger partial charge in [0.05, 0.1) is 10.7 Å². The molecule has 0 saturated carbocycles. The molecule has 0 atom stereocenters. The van der Waals surface area contributed by atoms with Crippen molar-refractivity contribution in [2.45, 2.75) is 6.42 Å². The molecule has 0 fully saturated rings. The number of halogens is 2. The lowest BCUT2D eigenvalue weighted by Gasteiger charge is -2.12. The highest BCUT2D eigenvalue weighted by molar-refractivity contribution is 6.38. The molecule has 21 heavy (non-hydrogen) atoms. The van der Waals surface area contributed by atoms with Crippen molar-refractivity contribution in [3.8, 4) is 5.75 Å². The average Bonchev–Trinajstić information content (AvgIpc) is 2.47. The van der Waals surface area contributed by atoms with E-state index in [-0.39, 0.29) is 15.8 Å². The minimum Gasteiger partial charge on any atom is -0.505 e. The summed E-state index contributed by atoms with van der Waals surface area (Å²) in [6.45, 7) is 1.02. The Balaban J connectivity index is 2.08. The van der Waals surface area contributed by atoms with Crippen LogP contribution < -0.4 is 5.32 Å². The summed E-state index contributed by atoms with van der Waals surface area (Å²) in [6.07, 6.45) is 1.01. The lowest BCUT2D eigenvalue weighted by atomic mass is 10.1. The zero-order chi connectivity index (χ0) is 15.4. The van der Waals surface area contributed by atoms with E-state index in [9.17, 15) is 5.11 Å². The van der Waals surface area contributed by atoms with Crippen molar-refractivity contribution in [3.05, 3.63) is 52.0 Å². The molecule has 0 unspecified atom stereocenters. The molecule has 2 aromatic rings. The first-order valence-corrected chi connectivity index (χ1v) is 7.40. The average molecular weight is 325 g/mol. The third-order valence-corrected chi connectivity index (χ3v) is 3.84. The molecule has 0 amide bonds. The Morgan fingerprint density at radius 1 is 1.05 bits per heavy atom. The van der Waals surface area contributed by atoms with E-state index < -0.39 is 0 Å². The number of phenolic OH excluding ortho intramolecular Hbond substituents is 1. The minimum atomic E-state index is -0.106. The van der Waals surface area contributed by atoms with E-state index in [0.717, 1.165) is 18.7 Å². The van der Waals surface area contributed by atoms with Gasteiger partial charge in [0, 0.05) is 12.2 Å². The second-order valence-corrected chi connectivity index (χ2v) is 5.92. The Labute approximate surface area is 135 Å². The Morgan fingerprint density at radius 2 is 1.71 bits per heavy atom. The van der Waals surface area contributed by atoms with Gasteiger partial charge in [0.1, 0.15) is 5.02 Å². The number of hydrogen-bond donors (Lipinski definition) is 2. The summed E-state index contributed by atoms with van der Waals surface area (Å²) in [5.41, 5.74) is 2.81. The third-order valence-electron chi connectivity index (χ3n) is 3.15. The fourth-order valence-electron chi connectivity index (χ4n) is 1.90. The SMILES string of the molecule is CN(C)CCc1ccc(Nc2ccc(Cl)c(O)c2Cl)cc1. The number of benzene rings is 2. The first kappa shape index (κ1) is 16.0. The number of hydrogen-bond acceptors (Lipinski definition) is 3. The van der Waals surface area contributed by atoms with Crippen molar-refractivity contribution in [3.63, 3.8) is 0 Å². The number of aromatic hydroxyl groups is 1. The number of anilines is 2. The maximum Gasteiger partial charge on any atom is 0.154 e. The molecule has 0 saturated heterocycles. The molecule has 5 heteroatoms. The molecule has 2 aromatic carbocycles. The molecule has 112 valence electrons. The summed E-state index contributed by atoms with van der Waals surface area (Å²) >= 11 is 11.9. The highest BCUT2D eigenvalue weighted by Crippen LogP contribution is 2.38. The van der Waals surface area contributed by atoms with E-state index in [4.69, 9.17) is 23.2 Å². The lowest BCUT2D eigenvalue weighted by molar-refractivity contribution is 0.413. The van der Waals surface area contributed by atoms with Crippen molar-refractivity contribution in [1.29, 1.82) is 0 Å². The summed E-state index contributed by atoms with van der Waals surface area (Å²) in [6, 6.07) is 11.5. The van der Waals surface area contributed by atoms with E-state index in [1.165, 1.54) is 5.56 Å². The van der Waals surface area contributed by atoms with Gasteiger partial charge in [0.15, 0.2) is 5.75 Å². The van der Waals surface area contributed by atoms with Gasteiger partial charge in [-0.05, 0) is 50.3 Å². The van der Waals surface area contributed by atoms with Crippen molar-refractivity contribution >= 4 is 34.6 Å². The van der Waals surface area contributed by atoms with Crippen molar-refractivity contribution in [1.82, 2.24) is 4.90 Å². The van der Waals surface area contributed by atoms with E-state index in [0.29, 0.717) is 5.69 Å². The fraction of sp³-hybridized carbons (Fsp3) is 0.250. The quantitative estimate of drug-likeness (QED) is 0.847. The van der Waals surface area contributed by atoms with Gasteiger partial charge in [0.2, 0.25) is 0 Å². The van der Waals surface area contributed by atoms with E-state index in [2.05, 4.69) is 36.4 Å². The number of likely N-dealkylation sites (N-methyl/N-ethyl adjacent to an activating group) is 1. The largest absolute Gasteiger partial charge is 0.505 e. The fourth-order valence-corrected chi connectivity index (χ4v) is 2.32. The molecule has 0 aliphatic heterocycles. The van der Waals surface area contributed by atoms with Gasteiger partial charge >= 0.3 is 0 Å². The van der Waals surface area contributed by atoms with Gasteiger partial charge in [-0.15, -0.1) is 0 Å². The van der Waals surface area contributed by atoms with Crippen LogP contribution in [0.5, 0.6) is 5.75 Å². The van der Waals surface area contributed by atoms with Crippen LogP contribution >= 0.6 is 23.2 Å². The van der Waals surface area contributed by atoms with Crippen LogP contribution in [0.3, 0.4) is 0 Å². The van der Waals surface area contributed by atoms with Gasteiger partial charge in [-0.3, -0.25) is 0 Å². The predicted molar refractivity (Wildman–Crippen MR) is 90.1 cm³/mol. The van der Waals surface area contributed by atoms with Crippen LogP contribution in [0, 0.1) is 0 Å². The zero-order valence-corrected chi connectivity index (χ0v) is 13.5. The van der Waals surface area contributed by atoms with E-state index in [1.807, 2.05) is 12.1 Å². The van der Waals surface area contributed by atoms with Crippen LogP contribution in [0.1, 0.15) is 5.56 Å². The standard InChI is InChI=1S/C16H18Cl2N2O/c1-20(2)10-9-11-3-5-12(6-4-11)19-14-8-7-13(17)16(21)15(14)18/h3-8,19,21H,9-10H2,1-2H3. The maximum absolute atomic E-state index is 9.72. The molecule has 0 heterocycles. The highest BCUT2D eigenvalue weighted by Gasteiger charge is 2.09. The number of nitrogens with zero attached hydrogens (tertiary/aromatic N) is 1. The maximum atomic E-state index is 9.72. The Bertz CT molecular complexity index is 612. The molecule has 2 N–H and O–H groups in total. The van der Waals surface area contributed by atoms with Crippen LogP contribution in [0.15, 0.2) is 36.4 Å². The first-order chi connectivity index (χ1) is 9.97. The van der Waals surface area contributed by atoms with Gasteiger partial charge in [-0.1, -0.05) is 35.3 Å². The lowest BCUT2D eigenvalue weighted by Crippen LogP contribution is -2.14. The second kappa shape index (κ2) is 7.03. The molecule has 0 spiro atoms. The molecule has 0 bridgehead atoms. The molecule has 0 aromatic heterocycles. The number of rotatable bonds is 5. The third kappa shape index (κ3) is 4.27. The summed E-state index contributed by atoms with van der Waals surface area (Å²) in [5.74, 6) is -0.106. The van der Waals surface area contributed by atoms with Gasteiger partial charge in [-0.25, -0.2) is 0 Å². The number of phenols is 1. The molecule has 3 nitrogen and oxygen atoms in total. The summed E-state index contributed by atoms with van der Waals surface area (Å²) in [5, 5.41) is 13.4. The Kier molecular flexibility index (Phi) is 5.34. The van der Waals surface area contributed by atoms with Crippen LogP contribution in [-0.4, -0.2) is 30.6 Å². The zero-order valence-electron chi connectivity index (χ0n) is 12.0. The van der Waals surface area contributed by atoms with E-state index >= 15 is 0 Å². The monoisotopic (exact) mass is 324 g/mol. The van der Waals surface area contributed by atoms with Crippen LogP contribution in [-0.2, 0) is 6.42 Å². The van der Waals surface area contributed by atoms with Crippen molar-refractivity contribution in [2.75, 3.05) is 26.0 Å².